The summed E-state index contributed by atoms with van der Waals surface area (Å²) in [5.74, 6) is -0.354. The Morgan fingerprint density at radius 2 is 1.86 bits per heavy atom. The van der Waals surface area contributed by atoms with Crippen LogP contribution in [0.1, 0.15) is 27.2 Å². The Hall–Kier alpha value is -4.14. The van der Waals surface area contributed by atoms with Gasteiger partial charge in [-0.1, -0.05) is 31.2 Å². The summed E-state index contributed by atoms with van der Waals surface area (Å²) in [6.45, 7) is 5.57. The van der Waals surface area contributed by atoms with Crippen molar-refractivity contribution < 1.29 is 24.2 Å². The molecule has 35 heavy (non-hydrogen) atoms. The number of aromatic nitrogens is 2. The minimum atomic E-state index is -1.05. The minimum absolute atomic E-state index is 0.0480. The summed E-state index contributed by atoms with van der Waals surface area (Å²) < 4.78 is 11.6. The Morgan fingerprint density at radius 1 is 1.14 bits per heavy atom. The number of para-hydroxylation sites is 1. The summed E-state index contributed by atoms with van der Waals surface area (Å²) in [6.07, 6.45) is 3.83. The lowest BCUT2D eigenvalue weighted by Gasteiger charge is -2.34. The van der Waals surface area contributed by atoms with Gasteiger partial charge in [0.25, 0.3) is 0 Å². The van der Waals surface area contributed by atoms with Crippen molar-refractivity contribution in [3.8, 4) is 22.9 Å². The minimum Gasteiger partial charge on any atom is -0.486 e. The predicted octanol–water partition coefficient (Wildman–Crippen LogP) is 4.84. The van der Waals surface area contributed by atoms with Crippen molar-refractivity contribution in [2.24, 2.45) is 5.41 Å². The quantitative estimate of drug-likeness (QED) is 0.501. The second-order valence-electron chi connectivity index (χ2n) is 8.97. The number of rotatable bonds is 7. The van der Waals surface area contributed by atoms with Crippen molar-refractivity contribution in [3.63, 3.8) is 0 Å². The lowest BCUT2D eigenvalue weighted by Crippen LogP contribution is -2.45. The lowest BCUT2D eigenvalue weighted by molar-refractivity contribution is -0.148. The van der Waals surface area contributed by atoms with Gasteiger partial charge in [0.1, 0.15) is 18.5 Å². The van der Waals surface area contributed by atoms with Gasteiger partial charge in [-0.15, -0.1) is 0 Å². The van der Waals surface area contributed by atoms with E-state index in [1.54, 1.807) is 31.1 Å². The van der Waals surface area contributed by atoms with Crippen LogP contribution in [0, 0.1) is 5.41 Å². The standard InChI is InChI=1S/C26H28N4O5/c1-4-20-15-30(25(33)29-19-8-6-5-7-9-19)21-11-10-17(12-22(21)35-20)18-13-27-24(28-14-18)34-16-26(2,3)23(31)32/h5-14,20H,4,15-16H2,1-3H3,(H,29,33)(H,31,32). The van der Waals surface area contributed by atoms with Crippen molar-refractivity contribution in [2.45, 2.75) is 33.3 Å². The summed E-state index contributed by atoms with van der Waals surface area (Å²) >= 11 is 0. The van der Waals surface area contributed by atoms with Crippen LogP contribution in [0.15, 0.2) is 60.9 Å². The van der Waals surface area contributed by atoms with E-state index in [2.05, 4.69) is 15.3 Å². The number of anilines is 2. The third-order valence-corrected chi connectivity index (χ3v) is 5.76. The second kappa shape index (κ2) is 10.0. The molecule has 2 amide bonds. The fraction of sp³-hybridized carbons (Fsp3) is 0.308. The number of hydrogen-bond acceptors (Lipinski definition) is 6. The first-order valence-electron chi connectivity index (χ1n) is 11.4. The molecule has 2 aromatic carbocycles. The molecular weight excluding hydrogens is 448 g/mol. The maximum absolute atomic E-state index is 13.0. The topological polar surface area (TPSA) is 114 Å². The van der Waals surface area contributed by atoms with Gasteiger partial charge in [-0.2, -0.15) is 0 Å². The SMILES string of the molecule is CCC1CN(C(=O)Nc2ccccc2)c2ccc(-c3cnc(OCC(C)(C)C(=O)O)nc3)cc2O1. The maximum atomic E-state index is 13.0. The highest BCUT2D eigenvalue weighted by Crippen LogP contribution is 2.38. The lowest BCUT2D eigenvalue weighted by atomic mass is 9.95. The number of ether oxygens (including phenoxy) is 2. The van der Waals surface area contributed by atoms with Crippen LogP contribution in [0.2, 0.25) is 0 Å². The number of amides is 2. The number of urea groups is 1. The molecule has 1 atom stereocenters. The molecule has 9 nitrogen and oxygen atoms in total. The molecule has 182 valence electrons. The summed E-state index contributed by atoms with van der Waals surface area (Å²) in [4.78, 5) is 34.4. The van der Waals surface area contributed by atoms with Gasteiger partial charge in [-0.3, -0.25) is 9.69 Å². The molecular formula is C26H28N4O5. The Balaban J connectivity index is 1.53. The molecule has 3 aromatic rings. The second-order valence-corrected chi connectivity index (χ2v) is 8.97. The molecule has 0 saturated heterocycles. The number of nitrogens with zero attached hydrogens (tertiary/aromatic N) is 3. The van der Waals surface area contributed by atoms with E-state index < -0.39 is 11.4 Å². The number of fused-ring (bicyclic) bond motifs is 1. The van der Waals surface area contributed by atoms with E-state index in [1.807, 2.05) is 55.5 Å². The van der Waals surface area contributed by atoms with Crippen molar-refractivity contribution in [1.29, 1.82) is 0 Å². The van der Waals surface area contributed by atoms with Crippen LogP contribution in [-0.2, 0) is 4.79 Å². The summed E-state index contributed by atoms with van der Waals surface area (Å²) in [7, 11) is 0. The molecule has 0 radical (unpaired) electrons. The highest BCUT2D eigenvalue weighted by molar-refractivity contribution is 6.03. The molecule has 9 heteroatoms. The molecule has 0 bridgehead atoms. The van der Waals surface area contributed by atoms with Crippen LogP contribution in [-0.4, -0.2) is 46.3 Å². The smallest absolute Gasteiger partial charge is 0.326 e. The monoisotopic (exact) mass is 476 g/mol. The molecule has 1 unspecified atom stereocenters. The zero-order valence-corrected chi connectivity index (χ0v) is 19.9. The van der Waals surface area contributed by atoms with Gasteiger partial charge in [-0.05, 0) is 50.1 Å². The number of carbonyl (C=O) groups excluding carboxylic acids is 1. The van der Waals surface area contributed by atoms with Crippen LogP contribution < -0.4 is 19.7 Å². The van der Waals surface area contributed by atoms with Crippen LogP contribution >= 0.6 is 0 Å². The van der Waals surface area contributed by atoms with E-state index in [4.69, 9.17) is 9.47 Å². The van der Waals surface area contributed by atoms with E-state index in [9.17, 15) is 14.7 Å². The number of aliphatic carboxylic acids is 1. The first-order chi connectivity index (χ1) is 16.8. The largest absolute Gasteiger partial charge is 0.486 e. The molecule has 0 saturated carbocycles. The van der Waals surface area contributed by atoms with E-state index in [-0.39, 0.29) is 24.8 Å². The van der Waals surface area contributed by atoms with E-state index in [0.29, 0.717) is 18.0 Å². The van der Waals surface area contributed by atoms with Gasteiger partial charge in [0.05, 0.1) is 17.6 Å². The number of carbonyl (C=O) groups is 2. The number of benzene rings is 2. The first-order valence-corrected chi connectivity index (χ1v) is 11.4. The van der Waals surface area contributed by atoms with E-state index in [0.717, 1.165) is 23.2 Å². The molecule has 0 aliphatic carbocycles. The van der Waals surface area contributed by atoms with Crippen LogP contribution in [0.3, 0.4) is 0 Å². The molecule has 0 spiro atoms. The average molecular weight is 477 g/mol. The number of carboxylic acid groups (broad SMARTS) is 1. The van der Waals surface area contributed by atoms with Crippen LogP contribution in [0.5, 0.6) is 11.8 Å². The normalized spacial score (nSPS) is 15.1. The Morgan fingerprint density at radius 3 is 2.51 bits per heavy atom. The Bertz CT molecular complexity index is 1200. The third kappa shape index (κ3) is 5.51. The summed E-state index contributed by atoms with van der Waals surface area (Å²) in [5.41, 5.74) is 1.92. The predicted molar refractivity (Wildman–Crippen MR) is 132 cm³/mol. The van der Waals surface area contributed by atoms with Crippen molar-refractivity contribution in [1.82, 2.24) is 9.97 Å². The summed E-state index contributed by atoms with van der Waals surface area (Å²) in [5, 5.41) is 12.2. The van der Waals surface area contributed by atoms with E-state index in [1.165, 1.54) is 0 Å². The molecule has 2 heterocycles. The molecule has 0 fully saturated rings. The van der Waals surface area contributed by atoms with Gasteiger partial charge in [0, 0.05) is 23.6 Å². The van der Waals surface area contributed by atoms with Gasteiger partial charge >= 0.3 is 18.0 Å². The number of nitrogens with one attached hydrogen (secondary N) is 1. The van der Waals surface area contributed by atoms with Gasteiger partial charge in [0.2, 0.25) is 0 Å². The zero-order valence-electron chi connectivity index (χ0n) is 19.9. The summed E-state index contributed by atoms with van der Waals surface area (Å²) in [6, 6.07) is 14.8. The van der Waals surface area contributed by atoms with Gasteiger partial charge in [-0.25, -0.2) is 14.8 Å². The number of hydrogen-bond donors (Lipinski definition) is 2. The highest BCUT2D eigenvalue weighted by atomic mass is 16.5. The fourth-order valence-electron chi connectivity index (χ4n) is 3.49. The zero-order chi connectivity index (χ0) is 25.0. The van der Waals surface area contributed by atoms with Crippen molar-refractivity contribution in [2.75, 3.05) is 23.4 Å². The highest BCUT2D eigenvalue weighted by Gasteiger charge is 2.30. The fourth-order valence-corrected chi connectivity index (χ4v) is 3.49. The maximum Gasteiger partial charge on any atom is 0.326 e. The first kappa shape index (κ1) is 24.0. The molecule has 4 rings (SSSR count). The van der Waals surface area contributed by atoms with E-state index >= 15 is 0 Å². The molecule has 1 aliphatic heterocycles. The third-order valence-electron chi connectivity index (χ3n) is 5.76. The van der Waals surface area contributed by atoms with Crippen LogP contribution in [0.4, 0.5) is 16.2 Å². The van der Waals surface area contributed by atoms with Gasteiger partial charge < -0.3 is 19.9 Å². The number of carboxylic acids is 1. The van der Waals surface area contributed by atoms with Crippen molar-refractivity contribution >= 4 is 23.4 Å². The van der Waals surface area contributed by atoms with Gasteiger partial charge in [0.15, 0.2) is 0 Å². The average Bonchev–Trinajstić information content (AvgIpc) is 2.87. The molecule has 1 aliphatic rings. The molecule has 2 N–H and O–H groups in total. The van der Waals surface area contributed by atoms with Crippen molar-refractivity contribution in [3.05, 3.63) is 60.9 Å². The molecule has 1 aromatic heterocycles. The Kier molecular flexibility index (Phi) is 6.86. The Labute approximate surface area is 203 Å². The van der Waals surface area contributed by atoms with Crippen LogP contribution in [0.25, 0.3) is 11.1 Å².